The van der Waals surface area contributed by atoms with Gasteiger partial charge in [-0.05, 0) is 31.5 Å². The third kappa shape index (κ3) is 5.05. The van der Waals surface area contributed by atoms with Gasteiger partial charge in [-0.3, -0.25) is 4.79 Å². The van der Waals surface area contributed by atoms with Crippen LogP contribution in [0, 0.1) is 0 Å². The summed E-state index contributed by atoms with van der Waals surface area (Å²) in [7, 11) is -0.853. The third-order valence-corrected chi connectivity index (χ3v) is 5.53. The number of amides is 1. The largest absolute Gasteiger partial charge is 0.492 e. The molecule has 1 aliphatic heterocycles. The molecule has 8 nitrogen and oxygen atoms in total. The average Bonchev–Trinajstić information content (AvgIpc) is 2.95. The molecule has 1 aromatic carbocycles. The number of carbonyl (C=O) groups is 1. The lowest BCUT2D eigenvalue weighted by atomic mass is 10.2. The number of anilines is 1. The van der Waals surface area contributed by atoms with Gasteiger partial charge in [0, 0.05) is 26.3 Å². The highest BCUT2D eigenvalue weighted by Gasteiger charge is 2.29. The summed E-state index contributed by atoms with van der Waals surface area (Å²) in [4.78, 5) is 12.2. The molecular formula is C15H24ClN3O5S. The number of nitrogens with zero attached hydrogens (tertiary/aromatic N) is 1. The molecule has 0 spiro atoms. The van der Waals surface area contributed by atoms with Crippen LogP contribution in [-0.2, 0) is 14.8 Å². The molecule has 1 fully saturated rings. The van der Waals surface area contributed by atoms with Crippen LogP contribution in [0.1, 0.15) is 13.3 Å². The summed E-state index contributed by atoms with van der Waals surface area (Å²) >= 11 is 0. The van der Waals surface area contributed by atoms with Gasteiger partial charge in [-0.15, -0.1) is 12.4 Å². The van der Waals surface area contributed by atoms with E-state index < -0.39 is 22.2 Å². The van der Waals surface area contributed by atoms with E-state index in [1.165, 1.54) is 26.2 Å². The third-order valence-electron chi connectivity index (χ3n) is 3.69. The Morgan fingerprint density at radius 2 is 2.12 bits per heavy atom. The van der Waals surface area contributed by atoms with Crippen LogP contribution in [0.25, 0.3) is 0 Å². The van der Waals surface area contributed by atoms with Crippen LogP contribution >= 0.6 is 12.4 Å². The predicted molar refractivity (Wildman–Crippen MR) is 96.8 cm³/mol. The highest BCUT2D eigenvalue weighted by Crippen LogP contribution is 2.29. The Hall–Kier alpha value is -1.39. The number of carbonyl (C=O) groups excluding carboxylic acids is 1. The Labute approximate surface area is 154 Å². The van der Waals surface area contributed by atoms with Crippen LogP contribution < -0.4 is 15.4 Å². The van der Waals surface area contributed by atoms with Crippen LogP contribution in [0.4, 0.5) is 5.69 Å². The van der Waals surface area contributed by atoms with Crippen molar-refractivity contribution in [2.45, 2.75) is 30.4 Å². The SMILES string of the molecule is CCOc1ccc(NC(=O)C2CC(O)CN2)cc1S(=O)(=O)N(C)C.Cl. The highest BCUT2D eigenvalue weighted by atomic mass is 35.5. The average molecular weight is 394 g/mol. The van der Waals surface area contributed by atoms with Gasteiger partial charge >= 0.3 is 0 Å². The Kier molecular flexibility index (Phi) is 7.63. The molecule has 1 saturated heterocycles. The van der Waals surface area contributed by atoms with Crippen LogP contribution in [0.15, 0.2) is 23.1 Å². The normalized spacial score (nSPS) is 20.2. The first-order chi connectivity index (χ1) is 11.3. The summed E-state index contributed by atoms with van der Waals surface area (Å²) in [5, 5.41) is 15.1. The fourth-order valence-electron chi connectivity index (χ4n) is 2.41. The van der Waals surface area contributed by atoms with Crippen molar-refractivity contribution < 1.29 is 23.1 Å². The Balaban J connectivity index is 0.00000312. The van der Waals surface area contributed by atoms with Gasteiger partial charge in [0.25, 0.3) is 0 Å². The molecule has 142 valence electrons. The van der Waals surface area contributed by atoms with Gasteiger partial charge in [-0.1, -0.05) is 0 Å². The van der Waals surface area contributed by atoms with Crippen LogP contribution in [0.3, 0.4) is 0 Å². The first-order valence-corrected chi connectivity index (χ1v) is 9.11. The Bertz CT molecular complexity index is 711. The van der Waals surface area contributed by atoms with Gasteiger partial charge in [0.2, 0.25) is 15.9 Å². The zero-order chi connectivity index (χ0) is 17.9. The zero-order valence-corrected chi connectivity index (χ0v) is 16.0. The number of ether oxygens (including phenoxy) is 1. The molecule has 10 heteroatoms. The summed E-state index contributed by atoms with van der Waals surface area (Å²) in [5.74, 6) is -0.0810. The highest BCUT2D eigenvalue weighted by molar-refractivity contribution is 7.89. The fourth-order valence-corrected chi connectivity index (χ4v) is 3.46. The lowest BCUT2D eigenvalue weighted by Crippen LogP contribution is -2.35. The van der Waals surface area contributed by atoms with Crippen molar-refractivity contribution in [3.63, 3.8) is 0 Å². The summed E-state index contributed by atoms with van der Waals surface area (Å²) < 4.78 is 31.4. The molecule has 1 aromatic rings. The molecule has 2 unspecified atom stereocenters. The molecule has 0 bridgehead atoms. The first kappa shape index (κ1) is 21.7. The van der Waals surface area contributed by atoms with Crippen molar-refractivity contribution in [2.75, 3.05) is 32.6 Å². The second kappa shape index (κ2) is 8.81. The van der Waals surface area contributed by atoms with E-state index in [4.69, 9.17) is 4.74 Å². The molecule has 2 atom stereocenters. The Morgan fingerprint density at radius 1 is 1.44 bits per heavy atom. The summed E-state index contributed by atoms with van der Waals surface area (Å²) in [6.07, 6.45) is -0.225. The Morgan fingerprint density at radius 3 is 2.64 bits per heavy atom. The van der Waals surface area contributed by atoms with E-state index in [1.807, 2.05) is 0 Å². The number of nitrogens with one attached hydrogen (secondary N) is 2. The minimum absolute atomic E-state index is 0. The van der Waals surface area contributed by atoms with E-state index in [9.17, 15) is 18.3 Å². The van der Waals surface area contributed by atoms with Crippen molar-refractivity contribution in [3.05, 3.63) is 18.2 Å². The van der Waals surface area contributed by atoms with Gasteiger partial charge in [0.1, 0.15) is 10.6 Å². The molecule has 1 heterocycles. The smallest absolute Gasteiger partial charge is 0.246 e. The number of rotatable bonds is 6. The van der Waals surface area contributed by atoms with Crippen LogP contribution in [0.5, 0.6) is 5.75 Å². The first-order valence-electron chi connectivity index (χ1n) is 7.67. The van der Waals surface area contributed by atoms with Crippen molar-refractivity contribution >= 4 is 34.0 Å². The molecule has 0 radical (unpaired) electrons. The maximum absolute atomic E-state index is 12.5. The van der Waals surface area contributed by atoms with Crippen molar-refractivity contribution in [2.24, 2.45) is 0 Å². The monoisotopic (exact) mass is 393 g/mol. The lowest BCUT2D eigenvalue weighted by molar-refractivity contribution is -0.117. The molecule has 1 aliphatic rings. The van der Waals surface area contributed by atoms with E-state index in [1.54, 1.807) is 13.0 Å². The number of sulfonamides is 1. The maximum Gasteiger partial charge on any atom is 0.246 e. The minimum Gasteiger partial charge on any atom is -0.492 e. The predicted octanol–water partition coefficient (Wildman–Crippen LogP) is 0.419. The number of benzene rings is 1. The molecule has 3 N–H and O–H groups in total. The van der Waals surface area contributed by atoms with Crippen molar-refractivity contribution in [1.82, 2.24) is 9.62 Å². The fraction of sp³-hybridized carbons (Fsp3) is 0.533. The second-order valence-electron chi connectivity index (χ2n) is 5.72. The minimum atomic E-state index is -3.71. The van der Waals surface area contributed by atoms with Gasteiger partial charge in [-0.25, -0.2) is 12.7 Å². The molecule has 25 heavy (non-hydrogen) atoms. The lowest BCUT2D eigenvalue weighted by Gasteiger charge is -2.17. The van der Waals surface area contributed by atoms with E-state index in [2.05, 4.69) is 10.6 Å². The molecule has 1 amide bonds. The number of β-amino-alcohol motifs (C(OH)–C–C–N with tert-alkyl or cyclic N) is 1. The van der Waals surface area contributed by atoms with E-state index in [-0.39, 0.29) is 29.0 Å². The number of aliphatic hydroxyl groups excluding tert-OH is 1. The molecule has 0 aromatic heterocycles. The van der Waals surface area contributed by atoms with Crippen molar-refractivity contribution in [1.29, 1.82) is 0 Å². The topological polar surface area (TPSA) is 108 Å². The van der Waals surface area contributed by atoms with E-state index in [0.717, 1.165) is 4.31 Å². The molecule has 0 saturated carbocycles. The van der Waals surface area contributed by atoms with Crippen LogP contribution in [-0.4, -0.2) is 63.1 Å². The molecule has 0 aliphatic carbocycles. The number of aliphatic hydroxyl groups is 1. The number of hydrogen-bond donors (Lipinski definition) is 3. The van der Waals surface area contributed by atoms with E-state index >= 15 is 0 Å². The van der Waals surface area contributed by atoms with Gasteiger partial charge in [0.05, 0.1) is 18.8 Å². The second-order valence-corrected chi connectivity index (χ2v) is 7.84. The summed E-state index contributed by atoms with van der Waals surface area (Å²) in [6.45, 7) is 2.45. The molecular weight excluding hydrogens is 370 g/mol. The standard InChI is InChI=1S/C15H23N3O5S.ClH/c1-4-23-13-6-5-10(7-14(13)24(21,22)18(2)3)17-15(20)12-8-11(19)9-16-12;/h5-7,11-12,16,19H,4,8-9H2,1-3H3,(H,17,20);1H. The van der Waals surface area contributed by atoms with Gasteiger partial charge in [-0.2, -0.15) is 0 Å². The van der Waals surface area contributed by atoms with E-state index in [0.29, 0.717) is 25.3 Å². The number of halogens is 1. The quantitative estimate of drug-likeness (QED) is 0.646. The van der Waals surface area contributed by atoms with Gasteiger partial charge in [0.15, 0.2) is 0 Å². The van der Waals surface area contributed by atoms with Gasteiger partial charge < -0.3 is 20.5 Å². The molecule has 2 rings (SSSR count). The zero-order valence-electron chi connectivity index (χ0n) is 14.4. The maximum atomic E-state index is 12.5. The van der Waals surface area contributed by atoms with Crippen LogP contribution in [0.2, 0.25) is 0 Å². The summed E-state index contributed by atoms with van der Waals surface area (Å²) in [6, 6.07) is 3.99. The van der Waals surface area contributed by atoms with Crippen molar-refractivity contribution in [3.8, 4) is 5.75 Å². The summed E-state index contributed by atoms with van der Waals surface area (Å²) in [5.41, 5.74) is 0.354. The number of hydrogen-bond acceptors (Lipinski definition) is 6.